The minimum absolute atomic E-state index is 0.916. The molecule has 1 aromatic rings. The van der Waals surface area contributed by atoms with Gasteiger partial charge >= 0.3 is 0 Å². The van der Waals surface area contributed by atoms with E-state index in [1.54, 1.807) is 0 Å². The fourth-order valence-corrected chi connectivity index (χ4v) is 2.49. The van der Waals surface area contributed by atoms with Crippen LogP contribution >= 0.6 is 11.5 Å². The van der Waals surface area contributed by atoms with Crippen LogP contribution in [0.25, 0.3) is 0 Å². The van der Waals surface area contributed by atoms with E-state index in [1.807, 2.05) is 0 Å². The number of aryl methyl sites for hydroxylation is 1. The first-order valence-electron chi connectivity index (χ1n) is 6.54. The molecule has 17 heavy (non-hydrogen) atoms. The second-order valence-corrected chi connectivity index (χ2v) is 4.89. The third-order valence-electron chi connectivity index (χ3n) is 2.98. The number of rotatable bonds is 9. The van der Waals surface area contributed by atoms with Crippen LogP contribution in [0, 0.1) is 0 Å². The second kappa shape index (κ2) is 8.55. The van der Waals surface area contributed by atoms with Crippen LogP contribution in [-0.4, -0.2) is 40.7 Å². The largest absolute Gasteiger partial charge is 0.312 e. The molecule has 0 aliphatic rings. The second-order valence-electron chi connectivity index (χ2n) is 4.05. The fourth-order valence-electron chi connectivity index (χ4n) is 1.80. The monoisotopic (exact) mass is 256 g/mol. The predicted molar refractivity (Wildman–Crippen MR) is 73.4 cm³/mol. The van der Waals surface area contributed by atoms with Crippen molar-refractivity contribution in [2.24, 2.45) is 0 Å². The smallest absolute Gasteiger partial charge is 0.0797 e. The van der Waals surface area contributed by atoms with Crippen LogP contribution in [-0.2, 0) is 13.0 Å². The van der Waals surface area contributed by atoms with Gasteiger partial charge in [-0.15, -0.1) is 5.10 Å². The highest BCUT2D eigenvalue weighted by molar-refractivity contribution is 7.05. The van der Waals surface area contributed by atoms with E-state index < -0.39 is 0 Å². The molecule has 5 heteroatoms. The standard InChI is InChI=1S/C12H24N4S/c1-4-11-12(17-15-14-11)10-13-8-7-9-16(5-2)6-3/h13H,4-10H2,1-3H3. The minimum atomic E-state index is 0.916. The van der Waals surface area contributed by atoms with Gasteiger partial charge in [0.15, 0.2) is 0 Å². The van der Waals surface area contributed by atoms with Gasteiger partial charge in [0.1, 0.15) is 0 Å². The zero-order valence-corrected chi connectivity index (χ0v) is 12.0. The van der Waals surface area contributed by atoms with Crippen LogP contribution < -0.4 is 5.32 Å². The maximum absolute atomic E-state index is 4.11. The van der Waals surface area contributed by atoms with Crippen molar-refractivity contribution >= 4 is 11.5 Å². The van der Waals surface area contributed by atoms with Crippen LogP contribution in [0.5, 0.6) is 0 Å². The lowest BCUT2D eigenvalue weighted by Crippen LogP contribution is -2.27. The van der Waals surface area contributed by atoms with Gasteiger partial charge in [-0.05, 0) is 50.6 Å². The Morgan fingerprint density at radius 1 is 1.24 bits per heavy atom. The Morgan fingerprint density at radius 2 is 2.00 bits per heavy atom. The molecule has 0 unspecified atom stereocenters. The topological polar surface area (TPSA) is 41.1 Å². The quantitative estimate of drug-likeness (QED) is 0.685. The molecule has 1 aromatic heterocycles. The van der Waals surface area contributed by atoms with E-state index >= 15 is 0 Å². The first-order chi connectivity index (χ1) is 8.31. The molecule has 98 valence electrons. The first-order valence-corrected chi connectivity index (χ1v) is 7.32. The molecule has 1 N–H and O–H groups in total. The Hall–Kier alpha value is -0.520. The summed E-state index contributed by atoms with van der Waals surface area (Å²) >= 11 is 1.51. The Labute approximate surface area is 109 Å². The molecule has 0 bridgehead atoms. The van der Waals surface area contributed by atoms with Crippen LogP contribution in [0.15, 0.2) is 0 Å². The highest BCUT2D eigenvalue weighted by Crippen LogP contribution is 2.10. The molecule has 0 aliphatic carbocycles. The summed E-state index contributed by atoms with van der Waals surface area (Å²) in [4.78, 5) is 3.74. The maximum atomic E-state index is 4.11. The van der Waals surface area contributed by atoms with Crippen molar-refractivity contribution in [2.75, 3.05) is 26.2 Å². The molecule has 1 rings (SSSR count). The van der Waals surface area contributed by atoms with Crippen molar-refractivity contribution in [2.45, 2.75) is 40.2 Å². The average molecular weight is 256 g/mol. The first kappa shape index (κ1) is 14.5. The molecule has 0 aromatic carbocycles. The highest BCUT2D eigenvalue weighted by atomic mass is 32.1. The van der Waals surface area contributed by atoms with E-state index in [2.05, 4.69) is 40.6 Å². The van der Waals surface area contributed by atoms with Crippen LogP contribution in [0.2, 0.25) is 0 Å². The summed E-state index contributed by atoms with van der Waals surface area (Å²) < 4.78 is 3.99. The molecule has 0 atom stereocenters. The van der Waals surface area contributed by atoms with Gasteiger partial charge in [-0.1, -0.05) is 25.3 Å². The molecule has 1 heterocycles. The van der Waals surface area contributed by atoms with E-state index in [4.69, 9.17) is 0 Å². The van der Waals surface area contributed by atoms with Crippen molar-refractivity contribution in [3.63, 3.8) is 0 Å². The van der Waals surface area contributed by atoms with Crippen molar-refractivity contribution in [3.8, 4) is 0 Å². The third kappa shape index (κ3) is 5.10. The van der Waals surface area contributed by atoms with E-state index in [-0.39, 0.29) is 0 Å². The lowest BCUT2D eigenvalue weighted by Gasteiger charge is -2.17. The van der Waals surface area contributed by atoms with E-state index in [0.717, 1.165) is 38.3 Å². The summed E-state index contributed by atoms with van der Waals surface area (Å²) in [5.74, 6) is 0. The van der Waals surface area contributed by atoms with Crippen molar-refractivity contribution in [1.29, 1.82) is 0 Å². The van der Waals surface area contributed by atoms with Gasteiger partial charge < -0.3 is 10.2 Å². The lowest BCUT2D eigenvalue weighted by atomic mass is 10.3. The Morgan fingerprint density at radius 3 is 2.65 bits per heavy atom. The molecular weight excluding hydrogens is 232 g/mol. The van der Waals surface area contributed by atoms with Crippen LogP contribution in [0.1, 0.15) is 37.8 Å². The SMILES string of the molecule is CCc1nnsc1CNCCCN(CC)CC. The van der Waals surface area contributed by atoms with E-state index in [9.17, 15) is 0 Å². The molecule has 0 saturated heterocycles. The number of nitrogens with one attached hydrogen (secondary N) is 1. The third-order valence-corrected chi connectivity index (χ3v) is 3.74. The van der Waals surface area contributed by atoms with Gasteiger partial charge in [0.05, 0.1) is 10.6 Å². The Bertz CT molecular complexity index is 296. The summed E-state index contributed by atoms with van der Waals surface area (Å²) in [6.45, 7) is 12.0. The minimum Gasteiger partial charge on any atom is -0.312 e. The number of hydrogen-bond acceptors (Lipinski definition) is 5. The Kier molecular flexibility index (Phi) is 7.32. The molecule has 0 fully saturated rings. The molecule has 0 spiro atoms. The van der Waals surface area contributed by atoms with Gasteiger partial charge in [-0.25, -0.2) is 0 Å². The summed E-state index contributed by atoms with van der Waals surface area (Å²) in [6.07, 6.45) is 2.18. The van der Waals surface area contributed by atoms with Gasteiger partial charge in [0.25, 0.3) is 0 Å². The summed E-state index contributed by atoms with van der Waals surface area (Å²) in [7, 11) is 0. The fraction of sp³-hybridized carbons (Fsp3) is 0.833. The Balaban J connectivity index is 2.12. The molecule has 0 saturated carbocycles. The molecule has 4 nitrogen and oxygen atoms in total. The maximum Gasteiger partial charge on any atom is 0.0797 e. The zero-order chi connectivity index (χ0) is 12.5. The molecule has 0 aliphatic heterocycles. The average Bonchev–Trinajstić information content (AvgIpc) is 2.81. The van der Waals surface area contributed by atoms with Crippen LogP contribution in [0.4, 0.5) is 0 Å². The number of aromatic nitrogens is 2. The molecule has 0 amide bonds. The number of hydrogen-bond donors (Lipinski definition) is 1. The summed E-state index contributed by atoms with van der Waals surface area (Å²) in [5, 5.41) is 7.58. The summed E-state index contributed by atoms with van der Waals surface area (Å²) in [5.41, 5.74) is 1.14. The van der Waals surface area contributed by atoms with Crippen molar-refractivity contribution in [3.05, 3.63) is 10.6 Å². The lowest BCUT2D eigenvalue weighted by molar-refractivity contribution is 0.298. The van der Waals surface area contributed by atoms with Gasteiger partial charge in [-0.3, -0.25) is 0 Å². The predicted octanol–water partition coefficient (Wildman–Crippen LogP) is 1.92. The van der Waals surface area contributed by atoms with Crippen molar-refractivity contribution in [1.82, 2.24) is 19.8 Å². The zero-order valence-electron chi connectivity index (χ0n) is 11.2. The molecular formula is C12H24N4S. The highest BCUT2D eigenvalue weighted by Gasteiger charge is 2.04. The summed E-state index contributed by atoms with van der Waals surface area (Å²) in [6, 6.07) is 0. The number of nitrogens with zero attached hydrogens (tertiary/aromatic N) is 3. The van der Waals surface area contributed by atoms with Crippen LogP contribution in [0.3, 0.4) is 0 Å². The van der Waals surface area contributed by atoms with Gasteiger partial charge in [0, 0.05) is 6.54 Å². The van der Waals surface area contributed by atoms with E-state index in [1.165, 1.54) is 29.4 Å². The van der Waals surface area contributed by atoms with E-state index in [0.29, 0.717) is 0 Å². The van der Waals surface area contributed by atoms with Crippen molar-refractivity contribution < 1.29 is 0 Å². The molecule has 0 radical (unpaired) electrons. The normalized spacial score (nSPS) is 11.3. The van der Waals surface area contributed by atoms with Gasteiger partial charge in [0.2, 0.25) is 0 Å². The van der Waals surface area contributed by atoms with Gasteiger partial charge in [-0.2, -0.15) is 0 Å².